The molecule has 0 aliphatic heterocycles. The molecule has 23 heavy (non-hydrogen) atoms. The van der Waals surface area contributed by atoms with Gasteiger partial charge in [0, 0.05) is 0 Å². The second-order valence-corrected chi connectivity index (χ2v) is 6.92. The van der Waals surface area contributed by atoms with Gasteiger partial charge in [-0.2, -0.15) is 0 Å². The number of esters is 1. The zero-order valence-electron chi connectivity index (χ0n) is 12.8. The van der Waals surface area contributed by atoms with Gasteiger partial charge in [0.2, 0.25) is 0 Å². The van der Waals surface area contributed by atoms with Crippen LogP contribution < -0.4 is 0 Å². The van der Waals surface area contributed by atoms with Crippen LogP contribution in [0.15, 0.2) is 99.6 Å². The van der Waals surface area contributed by atoms with Crippen LogP contribution in [0.25, 0.3) is 0 Å². The molecule has 3 heteroatoms. The van der Waals surface area contributed by atoms with Crippen LogP contribution in [-0.4, -0.2) is 13.1 Å². The van der Waals surface area contributed by atoms with Gasteiger partial charge in [0.1, 0.15) is 16.5 Å². The Morgan fingerprint density at radius 2 is 1.22 bits per heavy atom. The summed E-state index contributed by atoms with van der Waals surface area (Å²) in [6.07, 6.45) is 0. The van der Waals surface area contributed by atoms with Crippen molar-refractivity contribution in [1.82, 2.24) is 0 Å². The van der Waals surface area contributed by atoms with Gasteiger partial charge >= 0.3 is 5.97 Å². The Balaban J connectivity index is 2.20. The normalized spacial score (nSPS) is 10.5. The Morgan fingerprint density at radius 1 is 0.739 bits per heavy atom. The van der Waals surface area contributed by atoms with E-state index >= 15 is 0 Å². The number of methoxy groups -OCH3 is 1. The topological polar surface area (TPSA) is 26.3 Å². The van der Waals surface area contributed by atoms with E-state index in [1.54, 1.807) is 0 Å². The first kappa shape index (κ1) is 15.4. The van der Waals surface area contributed by atoms with Gasteiger partial charge in [-0.05, 0) is 36.4 Å². The average molecular weight is 321 g/mol. The number of hydrogen-bond acceptors (Lipinski definition) is 2. The zero-order chi connectivity index (χ0) is 16.1. The maximum absolute atomic E-state index is 12.2. The molecule has 0 radical (unpaired) electrons. The van der Waals surface area contributed by atoms with Gasteiger partial charge in [0.15, 0.2) is 14.7 Å². The molecule has 0 N–H and O–H groups in total. The standard InChI is InChI=1S/C20H17O2S/c1-22-20(21)18-14-8-9-15-19(18)23(16-10-4-2-5-11-16)17-12-6-3-7-13-17/h2-15H,1H3/q+1. The smallest absolute Gasteiger partial charge is 0.343 e. The van der Waals surface area contributed by atoms with Crippen molar-refractivity contribution in [2.24, 2.45) is 0 Å². The minimum Gasteiger partial charge on any atom is -0.465 e. The number of ether oxygens (including phenoxy) is 1. The van der Waals surface area contributed by atoms with Gasteiger partial charge in [-0.1, -0.05) is 48.5 Å². The quantitative estimate of drug-likeness (QED) is 0.520. The van der Waals surface area contributed by atoms with Gasteiger partial charge in [0.05, 0.1) is 7.11 Å². The molecule has 2 nitrogen and oxygen atoms in total. The maximum Gasteiger partial charge on any atom is 0.343 e. The Hall–Kier alpha value is -2.52. The average Bonchev–Trinajstić information content (AvgIpc) is 2.63. The molecule has 0 aliphatic rings. The van der Waals surface area contributed by atoms with Crippen LogP contribution in [-0.2, 0) is 15.6 Å². The largest absolute Gasteiger partial charge is 0.465 e. The highest BCUT2D eigenvalue weighted by atomic mass is 32.2. The van der Waals surface area contributed by atoms with Crippen LogP contribution in [0.1, 0.15) is 10.4 Å². The fraction of sp³-hybridized carbons (Fsp3) is 0.0500. The molecular formula is C20H17O2S+. The minimum atomic E-state index is -0.349. The summed E-state index contributed by atoms with van der Waals surface area (Å²) < 4.78 is 4.96. The molecule has 0 aromatic heterocycles. The first-order chi connectivity index (χ1) is 11.3. The summed E-state index contributed by atoms with van der Waals surface area (Å²) in [6, 6.07) is 28.2. The third kappa shape index (κ3) is 3.30. The van der Waals surface area contributed by atoms with Crippen molar-refractivity contribution in [3.63, 3.8) is 0 Å². The zero-order valence-corrected chi connectivity index (χ0v) is 13.6. The lowest BCUT2D eigenvalue weighted by Gasteiger charge is -2.10. The van der Waals surface area contributed by atoms with Crippen molar-refractivity contribution >= 4 is 16.9 Å². The summed E-state index contributed by atoms with van der Waals surface area (Å²) in [5, 5.41) is 0. The van der Waals surface area contributed by atoms with Crippen molar-refractivity contribution in [2.75, 3.05) is 7.11 Å². The van der Waals surface area contributed by atoms with Crippen LogP contribution in [0, 0.1) is 0 Å². The third-order valence-electron chi connectivity index (χ3n) is 3.47. The predicted molar refractivity (Wildman–Crippen MR) is 92.8 cm³/mol. The Morgan fingerprint density at radius 3 is 1.74 bits per heavy atom. The summed E-state index contributed by atoms with van der Waals surface area (Å²) in [7, 11) is 1.07. The van der Waals surface area contributed by atoms with Gasteiger partial charge < -0.3 is 4.74 Å². The number of hydrogen-bond donors (Lipinski definition) is 0. The molecule has 0 unspecified atom stereocenters. The molecule has 0 bridgehead atoms. The Labute approximate surface area is 139 Å². The van der Waals surface area contributed by atoms with Gasteiger partial charge in [-0.3, -0.25) is 0 Å². The highest BCUT2D eigenvalue weighted by molar-refractivity contribution is 7.97. The molecule has 114 valence electrons. The first-order valence-corrected chi connectivity index (χ1v) is 8.55. The molecule has 0 atom stereocenters. The van der Waals surface area contributed by atoms with E-state index in [1.165, 1.54) is 16.9 Å². The van der Waals surface area contributed by atoms with E-state index in [-0.39, 0.29) is 16.9 Å². The van der Waals surface area contributed by atoms with E-state index in [0.29, 0.717) is 5.56 Å². The fourth-order valence-corrected chi connectivity index (χ4v) is 4.65. The highest BCUT2D eigenvalue weighted by Crippen LogP contribution is 2.33. The fourth-order valence-electron chi connectivity index (χ4n) is 2.43. The SMILES string of the molecule is COC(=O)c1ccccc1[S+](c1ccccc1)c1ccccc1. The van der Waals surface area contributed by atoms with Crippen LogP contribution in [0.2, 0.25) is 0 Å². The van der Waals surface area contributed by atoms with Gasteiger partial charge in [-0.25, -0.2) is 4.79 Å². The van der Waals surface area contributed by atoms with Gasteiger partial charge in [0.25, 0.3) is 0 Å². The number of carbonyl (C=O) groups is 1. The Kier molecular flexibility index (Phi) is 4.79. The molecule has 3 rings (SSSR count). The number of rotatable bonds is 4. The van der Waals surface area contributed by atoms with Crippen molar-refractivity contribution in [2.45, 2.75) is 14.7 Å². The monoisotopic (exact) mass is 321 g/mol. The molecule has 0 fully saturated rings. The molecule has 0 saturated carbocycles. The molecule has 0 heterocycles. The minimum absolute atomic E-state index is 0.301. The summed E-state index contributed by atoms with van der Waals surface area (Å²) in [6.45, 7) is 0. The van der Waals surface area contributed by atoms with Crippen molar-refractivity contribution in [3.8, 4) is 0 Å². The molecule has 3 aromatic carbocycles. The molecule has 0 spiro atoms. The van der Waals surface area contributed by atoms with Crippen LogP contribution in [0.4, 0.5) is 0 Å². The van der Waals surface area contributed by atoms with Crippen LogP contribution >= 0.6 is 0 Å². The molecule has 0 saturated heterocycles. The lowest BCUT2D eigenvalue weighted by atomic mass is 10.2. The maximum atomic E-state index is 12.2. The van der Waals surface area contributed by atoms with E-state index in [1.807, 2.05) is 60.7 Å². The third-order valence-corrected chi connectivity index (χ3v) is 5.75. The molecule has 0 amide bonds. The van der Waals surface area contributed by atoms with E-state index in [4.69, 9.17) is 4.74 Å². The first-order valence-electron chi connectivity index (χ1n) is 7.33. The van der Waals surface area contributed by atoms with E-state index in [2.05, 4.69) is 24.3 Å². The second kappa shape index (κ2) is 7.16. The van der Waals surface area contributed by atoms with Crippen LogP contribution in [0.3, 0.4) is 0 Å². The van der Waals surface area contributed by atoms with E-state index in [0.717, 1.165) is 4.90 Å². The molecule has 0 aliphatic carbocycles. The lowest BCUT2D eigenvalue weighted by Crippen LogP contribution is -2.12. The van der Waals surface area contributed by atoms with Crippen LogP contribution in [0.5, 0.6) is 0 Å². The lowest BCUT2D eigenvalue weighted by molar-refractivity contribution is 0.0596. The highest BCUT2D eigenvalue weighted by Gasteiger charge is 2.32. The van der Waals surface area contributed by atoms with E-state index in [9.17, 15) is 4.79 Å². The van der Waals surface area contributed by atoms with Crippen molar-refractivity contribution in [1.29, 1.82) is 0 Å². The second-order valence-electron chi connectivity index (χ2n) is 4.92. The molecular weight excluding hydrogens is 304 g/mol. The van der Waals surface area contributed by atoms with Crippen molar-refractivity contribution < 1.29 is 9.53 Å². The molecule has 3 aromatic rings. The number of carbonyl (C=O) groups excluding carboxylic acids is 1. The summed E-state index contributed by atoms with van der Waals surface area (Å²) in [5.74, 6) is -0.301. The predicted octanol–water partition coefficient (Wildman–Crippen LogP) is 4.57. The summed E-state index contributed by atoms with van der Waals surface area (Å²) in [5.41, 5.74) is 0.617. The van der Waals surface area contributed by atoms with E-state index < -0.39 is 0 Å². The van der Waals surface area contributed by atoms with Gasteiger partial charge in [-0.15, -0.1) is 0 Å². The van der Waals surface area contributed by atoms with Crippen molar-refractivity contribution in [3.05, 3.63) is 90.5 Å². The Bertz CT molecular complexity index is 746. The summed E-state index contributed by atoms with van der Waals surface area (Å²) in [4.78, 5) is 15.5. The summed E-state index contributed by atoms with van der Waals surface area (Å²) >= 11 is 0. The number of benzene rings is 3.